The summed E-state index contributed by atoms with van der Waals surface area (Å²) >= 11 is 0. The number of likely N-dealkylation sites (N-methyl/N-ethyl adjacent to an activating group) is 1. The third kappa shape index (κ3) is 2.73. The Morgan fingerprint density at radius 3 is 2.31 bits per heavy atom. The van der Waals surface area contributed by atoms with Crippen LogP contribution in [0.5, 0.6) is 0 Å². The summed E-state index contributed by atoms with van der Waals surface area (Å²) in [6.45, 7) is 0. The molecular weight excluding hydrogens is 322 g/mol. The molecule has 0 fully saturated rings. The van der Waals surface area contributed by atoms with Crippen molar-refractivity contribution in [3.05, 3.63) is 82.5 Å². The minimum atomic E-state index is -0.0495. The first-order valence-corrected chi connectivity index (χ1v) is 8.58. The third-order valence-corrected chi connectivity index (χ3v) is 4.53. The molecule has 1 atom stereocenters. The molecule has 26 heavy (non-hydrogen) atoms. The predicted molar refractivity (Wildman–Crippen MR) is 107 cm³/mol. The number of rotatable bonds is 1. The standard InChI is InChI=1S/C21H17N5/c1-22-20-12-19-10-17-5-4-15(24-17)8-13-2-3-14(23-13)9-16-6-7-18(25-16)11-21(20)26-19/h2-12,21-22,24H,1H3/b14-9-,15-8-,17-10-,18-11-. The van der Waals surface area contributed by atoms with Gasteiger partial charge in [0.2, 0.25) is 0 Å². The summed E-state index contributed by atoms with van der Waals surface area (Å²) in [5, 5.41) is 5.27. The predicted octanol–water partition coefficient (Wildman–Crippen LogP) is 1.31. The fraction of sp³-hybridized carbons (Fsp3) is 0.0952. The summed E-state index contributed by atoms with van der Waals surface area (Å²) in [6, 6.07) is 4.05. The lowest BCUT2D eigenvalue weighted by molar-refractivity contribution is 0.847. The molecule has 0 aliphatic carbocycles. The van der Waals surface area contributed by atoms with Crippen molar-refractivity contribution in [3.8, 4) is 0 Å². The van der Waals surface area contributed by atoms with Gasteiger partial charge in [0.15, 0.2) is 0 Å². The van der Waals surface area contributed by atoms with Crippen LogP contribution in [0.15, 0.2) is 86.7 Å². The van der Waals surface area contributed by atoms with Crippen LogP contribution in [-0.4, -0.2) is 35.2 Å². The monoisotopic (exact) mass is 339 g/mol. The van der Waals surface area contributed by atoms with Crippen molar-refractivity contribution in [2.45, 2.75) is 6.04 Å². The van der Waals surface area contributed by atoms with Gasteiger partial charge in [0.25, 0.3) is 0 Å². The quantitative estimate of drug-likeness (QED) is 0.796. The number of aromatic nitrogens is 1. The van der Waals surface area contributed by atoms with Crippen LogP contribution in [0.3, 0.4) is 0 Å². The van der Waals surface area contributed by atoms with E-state index in [-0.39, 0.29) is 6.04 Å². The largest absolute Gasteiger partial charge is 0.389 e. The Morgan fingerprint density at radius 2 is 1.50 bits per heavy atom. The molecule has 5 heteroatoms. The van der Waals surface area contributed by atoms with Gasteiger partial charge in [0.05, 0.1) is 28.5 Å². The Hall–Kier alpha value is -3.47. The van der Waals surface area contributed by atoms with Gasteiger partial charge in [0, 0.05) is 23.4 Å². The number of aliphatic imine (C=N–C) groups is 3. The Morgan fingerprint density at radius 1 is 0.808 bits per heavy atom. The minimum absolute atomic E-state index is 0.0495. The maximum atomic E-state index is 4.81. The van der Waals surface area contributed by atoms with Crippen LogP contribution in [0, 0.1) is 0 Å². The molecule has 4 aliphatic heterocycles. The Balaban J connectivity index is 1.69. The molecule has 4 aliphatic rings. The molecule has 1 unspecified atom stereocenters. The first kappa shape index (κ1) is 14.8. The number of hydrogen-bond acceptors (Lipinski definition) is 4. The molecule has 5 rings (SSSR count). The van der Waals surface area contributed by atoms with Crippen LogP contribution in [0.25, 0.3) is 12.2 Å². The van der Waals surface area contributed by atoms with Crippen molar-refractivity contribution < 1.29 is 0 Å². The minimum Gasteiger partial charge on any atom is -0.389 e. The normalized spacial score (nSPS) is 29.2. The zero-order valence-corrected chi connectivity index (χ0v) is 14.3. The zero-order chi connectivity index (χ0) is 17.5. The van der Waals surface area contributed by atoms with Crippen molar-refractivity contribution in [3.63, 3.8) is 0 Å². The number of nitrogens with zero attached hydrogens (tertiary/aromatic N) is 3. The number of fused-ring (bicyclic) bond motifs is 5. The van der Waals surface area contributed by atoms with Gasteiger partial charge in [-0.05, 0) is 66.8 Å². The summed E-state index contributed by atoms with van der Waals surface area (Å²) in [6.07, 6.45) is 18.3. The van der Waals surface area contributed by atoms with E-state index in [2.05, 4.69) is 50.6 Å². The second-order valence-electron chi connectivity index (χ2n) is 6.41. The molecule has 0 spiro atoms. The van der Waals surface area contributed by atoms with Crippen LogP contribution in [-0.2, 0) is 0 Å². The molecule has 1 aromatic rings. The van der Waals surface area contributed by atoms with Crippen molar-refractivity contribution in [2.24, 2.45) is 15.0 Å². The lowest BCUT2D eigenvalue weighted by Crippen LogP contribution is -2.15. The van der Waals surface area contributed by atoms with Crippen LogP contribution >= 0.6 is 0 Å². The van der Waals surface area contributed by atoms with Gasteiger partial charge in [-0.2, -0.15) is 0 Å². The van der Waals surface area contributed by atoms with Crippen LogP contribution in [0.2, 0.25) is 0 Å². The van der Waals surface area contributed by atoms with Gasteiger partial charge in [-0.25, -0.2) is 9.98 Å². The maximum Gasteiger partial charge on any atom is 0.111 e. The smallest absolute Gasteiger partial charge is 0.111 e. The maximum absolute atomic E-state index is 4.81. The summed E-state index contributed by atoms with van der Waals surface area (Å²) < 4.78 is 0. The number of allylic oxidation sites excluding steroid dienone is 6. The molecule has 0 radical (unpaired) electrons. The number of hydrogen-bond donors (Lipinski definition) is 2. The van der Waals surface area contributed by atoms with Crippen molar-refractivity contribution >= 4 is 29.3 Å². The zero-order valence-electron chi connectivity index (χ0n) is 14.3. The average Bonchev–Trinajstić information content (AvgIpc) is 3.39. The molecule has 0 saturated heterocycles. The lowest BCUT2D eigenvalue weighted by Gasteiger charge is -2.07. The number of nitrogens with one attached hydrogen (secondary N) is 2. The average molecular weight is 339 g/mol. The highest BCUT2D eigenvalue weighted by Gasteiger charge is 2.18. The molecule has 0 amide bonds. The highest BCUT2D eigenvalue weighted by Crippen LogP contribution is 2.20. The highest BCUT2D eigenvalue weighted by atomic mass is 15.0. The van der Waals surface area contributed by atoms with E-state index in [1.807, 2.05) is 43.5 Å². The second kappa shape index (κ2) is 5.81. The van der Waals surface area contributed by atoms with Gasteiger partial charge in [-0.15, -0.1) is 0 Å². The lowest BCUT2D eigenvalue weighted by atomic mass is 10.2. The Kier molecular flexibility index (Phi) is 3.31. The van der Waals surface area contributed by atoms with Crippen molar-refractivity contribution in [1.29, 1.82) is 0 Å². The Labute approximate surface area is 150 Å². The Bertz CT molecular complexity index is 1160. The van der Waals surface area contributed by atoms with Crippen LogP contribution in [0.1, 0.15) is 0 Å². The topological polar surface area (TPSA) is 64.9 Å². The molecule has 8 bridgehead atoms. The first-order valence-electron chi connectivity index (χ1n) is 8.58. The van der Waals surface area contributed by atoms with E-state index in [4.69, 9.17) is 4.99 Å². The molecule has 5 nitrogen and oxygen atoms in total. The van der Waals surface area contributed by atoms with Crippen LogP contribution < -0.4 is 16.0 Å². The number of aromatic amines is 1. The third-order valence-electron chi connectivity index (χ3n) is 4.53. The fourth-order valence-corrected chi connectivity index (χ4v) is 3.29. The van der Waals surface area contributed by atoms with E-state index in [0.29, 0.717) is 0 Å². The SMILES string of the molecule is CNC1=CC2=NC1/C=C1/C=CC(=N1)/C=C1/C=CC(=N1)/C=c1/cc/c([nH]1)=C/2. The first-order chi connectivity index (χ1) is 12.7. The van der Waals surface area contributed by atoms with E-state index < -0.39 is 0 Å². The summed E-state index contributed by atoms with van der Waals surface area (Å²) in [5.74, 6) is 0. The molecule has 0 aromatic carbocycles. The van der Waals surface area contributed by atoms with Crippen LogP contribution in [0.4, 0.5) is 0 Å². The van der Waals surface area contributed by atoms with E-state index >= 15 is 0 Å². The van der Waals surface area contributed by atoms with E-state index in [1.54, 1.807) is 0 Å². The fourth-order valence-electron chi connectivity index (χ4n) is 3.29. The summed E-state index contributed by atoms with van der Waals surface area (Å²) in [4.78, 5) is 17.5. The van der Waals surface area contributed by atoms with Gasteiger partial charge >= 0.3 is 0 Å². The van der Waals surface area contributed by atoms with E-state index in [1.165, 1.54) is 0 Å². The van der Waals surface area contributed by atoms with Gasteiger partial charge in [-0.1, -0.05) is 0 Å². The number of H-pyrrole nitrogens is 1. The van der Waals surface area contributed by atoms with E-state index in [9.17, 15) is 0 Å². The van der Waals surface area contributed by atoms with Gasteiger partial charge < -0.3 is 10.3 Å². The molecule has 0 saturated carbocycles. The van der Waals surface area contributed by atoms with Gasteiger partial charge in [-0.3, -0.25) is 4.99 Å². The highest BCUT2D eigenvalue weighted by molar-refractivity contribution is 6.20. The van der Waals surface area contributed by atoms with Crippen molar-refractivity contribution in [2.75, 3.05) is 7.05 Å². The van der Waals surface area contributed by atoms with Gasteiger partial charge in [0.1, 0.15) is 6.04 Å². The summed E-state index contributed by atoms with van der Waals surface area (Å²) in [5.41, 5.74) is 5.64. The molecule has 2 N–H and O–H groups in total. The molecule has 126 valence electrons. The van der Waals surface area contributed by atoms with Crippen molar-refractivity contribution in [1.82, 2.24) is 10.3 Å². The molecule has 1 aromatic heterocycles. The van der Waals surface area contributed by atoms with E-state index in [0.717, 1.165) is 44.9 Å². The second-order valence-corrected chi connectivity index (χ2v) is 6.41. The molecular formula is C21H17N5. The molecule has 5 heterocycles. The summed E-state index contributed by atoms with van der Waals surface area (Å²) in [7, 11) is 1.92.